The lowest BCUT2D eigenvalue weighted by atomic mass is 10.0. The SMILES string of the molecule is O=C(O)c1cc(CCCN2CCOCC2)ccc1OCc1ccc(F)cc1. The Labute approximate surface area is 158 Å². The fourth-order valence-corrected chi connectivity index (χ4v) is 3.10. The van der Waals surface area contributed by atoms with Crippen molar-refractivity contribution in [3.63, 3.8) is 0 Å². The van der Waals surface area contributed by atoms with Crippen molar-refractivity contribution in [2.24, 2.45) is 0 Å². The predicted octanol–water partition coefficient (Wildman–Crippen LogP) is 3.37. The number of aryl methyl sites for hydroxylation is 1. The summed E-state index contributed by atoms with van der Waals surface area (Å²) in [5.41, 5.74) is 1.91. The molecule has 6 heteroatoms. The summed E-state index contributed by atoms with van der Waals surface area (Å²) in [6.07, 6.45) is 1.78. The molecular formula is C21H24FNO4. The number of benzene rings is 2. The molecule has 0 spiro atoms. The smallest absolute Gasteiger partial charge is 0.339 e. The highest BCUT2D eigenvalue weighted by molar-refractivity contribution is 5.91. The van der Waals surface area contributed by atoms with E-state index < -0.39 is 5.97 Å². The highest BCUT2D eigenvalue weighted by Gasteiger charge is 2.14. The first kappa shape index (κ1) is 19.3. The van der Waals surface area contributed by atoms with Gasteiger partial charge in [-0.3, -0.25) is 4.90 Å². The summed E-state index contributed by atoms with van der Waals surface area (Å²) in [5, 5.41) is 9.50. The molecule has 1 N–H and O–H groups in total. The van der Waals surface area contributed by atoms with E-state index in [2.05, 4.69) is 4.90 Å². The first-order valence-corrected chi connectivity index (χ1v) is 9.15. The molecule has 3 rings (SSSR count). The van der Waals surface area contributed by atoms with Crippen LogP contribution in [0.3, 0.4) is 0 Å². The molecule has 1 fully saturated rings. The number of nitrogens with zero attached hydrogens (tertiary/aromatic N) is 1. The van der Waals surface area contributed by atoms with Gasteiger partial charge in [-0.2, -0.15) is 0 Å². The lowest BCUT2D eigenvalue weighted by Crippen LogP contribution is -2.36. The summed E-state index contributed by atoms with van der Waals surface area (Å²) in [4.78, 5) is 14.0. The third kappa shape index (κ3) is 5.77. The molecule has 1 aliphatic rings. The van der Waals surface area contributed by atoms with Gasteiger partial charge in [-0.1, -0.05) is 18.2 Å². The lowest BCUT2D eigenvalue weighted by Gasteiger charge is -2.26. The molecule has 5 nitrogen and oxygen atoms in total. The number of halogens is 1. The normalized spacial score (nSPS) is 14.9. The van der Waals surface area contributed by atoms with Crippen molar-refractivity contribution in [1.29, 1.82) is 0 Å². The number of carbonyl (C=O) groups is 1. The Kier molecular flexibility index (Phi) is 6.79. The van der Waals surface area contributed by atoms with Crippen molar-refractivity contribution in [1.82, 2.24) is 4.90 Å². The average molecular weight is 373 g/mol. The zero-order valence-corrected chi connectivity index (χ0v) is 15.2. The Bertz CT molecular complexity index is 757. The van der Waals surface area contributed by atoms with Crippen molar-refractivity contribution >= 4 is 5.97 Å². The Morgan fingerprint density at radius 1 is 1.11 bits per heavy atom. The van der Waals surface area contributed by atoms with Gasteiger partial charge in [0.05, 0.1) is 13.2 Å². The van der Waals surface area contributed by atoms with Gasteiger partial charge in [-0.05, 0) is 54.8 Å². The quantitative estimate of drug-likeness (QED) is 0.769. The van der Waals surface area contributed by atoms with Crippen molar-refractivity contribution in [2.45, 2.75) is 19.4 Å². The molecule has 2 aromatic carbocycles. The Hall–Kier alpha value is -2.44. The van der Waals surface area contributed by atoms with Crippen LogP contribution in [-0.2, 0) is 17.8 Å². The minimum Gasteiger partial charge on any atom is -0.488 e. The number of carboxylic acid groups (broad SMARTS) is 1. The van der Waals surface area contributed by atoms with Crippen LogP contribution in [0.1, 0.15) is 27.9 Å². The molecule has 0 unspecified atom stereocenters. The molecule has 1 aliphatic heterocycles. The topological polar surface area (TPSA) is 59.0 Å². The van der Waals surface area contributed by atoms with Crippen LogP contribution < -0.4 is 4.74 Å². The molecule has 0 amide bonds. The van der Waals surface area contributed by atoms with Crippen LogP contribution >= 0.6 is 0 Å². The van der Waals surface area contributed by atoms with E-state index in [1.54, 1.807) is 24.3 Å². The molecule has 144 valence electrons. The Morgan fingerprint density at radius 2 is 1.81 bits per heavy atom. The molecular weight excluding hydrogens is 349 g/mol. The molecule has 0 saturated carbocycles. The van der Waals surface area contributed by atoms with Crippen LogP contribution in [0, 0.1) is 5.82 Å². The van der Waals surface area contributed by atoms with Crippen LogP contribution in [0.2, 0.25) is 0 Å². The fourth-order valence-electron chi connectivity index (χ4n) is 3.10. The maximum atomic E-state index is 13.0. The number of aromatic carboxylic acids is 1. The molecule has 1 heterocycles. The van der Waals surface area contributed by atoms with Crippen molar-refractivity contribution < 1.29 is 23.8 Å². The van der Waals surface area contributed by atoms with E-state index in [9.17, 15) is 14.3 Å². The summed E-state index contributed by atoms with van der Waals surface area (Å²) in [5.74, 6) is -1.01. The summed E-state index contributed by atoms with van der Waals surface area (Å²) in [6.45, 7) is 4.64. The Morgan fingerprint density at radius 3 is 2.52 bits per heavy atom. The summed E-state index contributed by atoms with van der Waals surface area (Å²) in [6, 6.07) is 11.2. The van der Waals surface area contributed by atoms with Gasteiger partial charge in [-0.15, -0.1) is 0 Å². The van der Waals surface area contributed by atoms with E-state index >= 15 is 0 Å². The lowest BCUT2D eigenvalue weighted by molar-refractivity contribution is 0.0374. The average Bonchev–Trinajstić information content (AvgIpc) is 2.69. The predicted molar refractivity (Wildman–Crippen MR) is 99.7 cm³/mol. The van der Waals surface area contributed by atoms with Gasteiger partial charge >= 0.3 is 5.97 Å². The minimum absolute atomic E-state index is 0.154. The first-order valence-electron chi connectivity index (χ1n) is 9.15. The number of hydrogen-bond donors (Lipinski definition) is 1. The van der Waals surface area contributed by atoms with Crippen LogP contribution in [0.5, 0.6) is 5.75 Å². The Balaban J connectivity index is 1.58. The summed E-state index contributed by atoms with van der Waals surface area (Å²) in [7, 11) is 0. The summed E-state index contributed by atoms with van der Waals surface area (Å²) >= 11 is 0. The van der Waals surface area contributed by atoms with Gasteiger partial charge in [0.25, 0.3) is 0 Å². The maximum Gasteiger partial charge on any atom is 0.339 e. The molecule has 0 aromatic heterocycles. The van der Waals surface area contributed by atoms with Crippen molar-refractivity contribution in [3.8, 4) is 5.75 Å². The van der Waals surface area contributed by atoms with Crippen LogP contribution in [0.15, 0.2) is 42.5 Å². The number of ether oxygens (including phenoxy) is 2. The zero-order valence-electron chi connectivity index (χ0n) is 15.2. The largest absolute Gasteiger partial charge is 0.488 e. The van der Waals surface area contributed by atoms with E-state index in [1.807, 2.05) is 6.07 Å². The van der Waals surface area contributed by atoms with E-state index in [4.69, 9.17) is 9.47 Å². The van der Waals surface area contributed by atoms with E-state index in [0.717, 1.165) is 56.8 Å². The molecule has 0 bridgehead atoms. The van der Waals surface area contributed by atoms with Crippen LogP contribution in [0.25, 0.3) is 0 Å². The van der Waals surface area contributed by atoms with E-state index in [1.165, 1.54) is 12.1 Å². The van der Waals surface area contributed by atoms with Gasteiger partial charge < -0.3 is 14.6 Å². The van der Waals surface area contributed by atoms with Gasteiger partial charge in [-0.25, -0.2) is 9.18 Å². The van der Waals surface area contributed by atoms with Crippen molar-refractivity contribution in [3.05, 3.63) is 65.0 Å². The maximum absolute atomic E-state index is 13.0. The number of hydrogen-bond acceptors (Lipinski definition) is 4. The fraction of sp³-hybridized carbons (Fsp3) is 0.381. The van der Waals surface area contributed by atoms with Gasteiger partial charge in [0.2, 0.25) is 0 Å². The van der Waals surface area contributed by atoms with Crippen LogP contribution in [0.4, 0.5) is 4.39 Å². The van der Waals surface area contributed by atoms with E-state index in [-0.39, 0.29) is 18.0 Å². The third-order valence-corrected chi connectivity index (χ3v) is 4.63. The second kappa shape index (κ2) is 9.48. The van der Waals surface area contributed by atoms with Crippen molar-refractivity contribution in [2.75, 3.05) is 32.8 Å². The minimum atomic E-state index is -1.01. The van der Waals surface area contributed by atoms with E-state index in [0.29, 0.717) is 5.75 Å². The second-order valence-corrected chi connectivity index (χ2v) is 6.61. The molecule has 1 saturated heterocycles. The highest BCUT2D eigenvalue weighted by atomic mass is 19.1. The highest BCUT2D eigenvalue weighted by Crippen LogP contribution is 2.22. The molecule has 2 aromatic rings. The van der Waals surface area contributed by atoms with Crippen LogP contribution in [-0.4, -0.2) is 48.8 Å². The van der Waals surface area contributed by atoms with Gasteiger partial charge in [0, 0.05) is 13.1 Å². The van der Waals surface area contributed by atoms with Gasteiger partial charge in [0.1, 0.15) is 23.7 Å². The summed E-state index contributed by atoms with van der Waals surface area (Å²) < 4.78 is 24.0. The number of morpholine rings is 1. The molecule has 0 aliphatic carbocycles. The monoisotopic (exact) mass is 373 g/mol. The number of carboxylic acids is 1. The zero-order chi connectivity index (χ0) is 19.1. The number of rotatable bonds is 8. The van der Waals surface area contributed by atoms with Gasteiger partial charge in [0.15, 0.2) is 0 Å². The first-order chi connectivity index (χ1) is 13.1. The molecule has 0 atom stereocenters. The molecule has 27 heavy (non-hydrogen) atoms. The second-order valence-electron chi connectivity index (χ2n) is 6.61. The molecule has 0 radical (unpaired) electrons. The standard InChI is InChI=1S/C21H24FNO4/c22-18-6-3-17(4-7-18)15-27-20-8-5-16(14-19(20)21(24)25)2-1-9-23-10-12-26-13-11-23/h3-8,14H,1-2,9-13,15H2,(H,24,25). The third-order valence-electron chi connectivity index (χ3n) is 4.63.